The van der Waals surface area contributed by atoms with Gasteiger partial charge >= 0.3 is 12.0 Å². The first-order chi connectivity index (χ1) is 9.99. The van der Waals surface area contributed by atoms with Crippen molar-refractivity contribution in [3.63, 3.8) is 0 Å². The van der Waals surface area contributed by atoms with Crippen molar-refractivity contribution in [1.82, 2.24) is 15.5 Å². The lowest BCUT2D eigenvalue weighted by Gasteiger charge is -2.38. The van der Waals surface area contributed by atoms with Gasteiger partial charge in [-0.15, -0.1) is 0 Å². The number of likely N-dealkylation sites (N-methyl/N-ethyl adjacent to an activating group) is 1. The lowest BCUT2D eigenvalue weighted by molar-refractivity contribution is -0.139. The van der Waals surface area contributed by atoms with Gasteiger partial charge in [0.15, 0.2) is 0 Å². The number of likely N-dealkylation sites (tertiary alicyclic amines) is 1. The van der Waals surface area contributed by atoms with Crippen molar-refractivity contribution in [3.8, 4) is 0 Å². The molecule has 1 aliphatic heterocycles. The molecule has 6 heteroatoms. The Morgan fingerprint density at radius 3 is 2.57 bits per heavy atom. The zero-order valence-electron chi connectivity index (χ0n) is 12.9. The Morgan fingerprint density at radius 1 is 1.24 bits per heavy atom. The minimum atomic E-state index is -0.838. The quantitative estimate of drug-likeness (QED) is 0.735. The molecule has 2 fully saturated rings. The van der Waals surface area contributed by atoms with Crippen LogP contribution in [0.1, 0.15) is 51.4 Å². The van der Waals surface area contributed by atoms with Gasteiger partial charge in [-0.25, -0.2) is 4.79 Å². The Hall–Kier alpha value is -1.30. The van der Waals surface area contributed by atoms with Crippen molar-refractivity contribution in [2.24, 2.45) is 0 Å². The van der Waals surface area contributed by atoms with E-state index in [-0.39, 0.29) is 18.5 Å². The summed E-state index contributed by atoms with van der Waals surface area (Å²) in [4.78, 5) is 25.6. The van der Waals surface area contributed by atoms with Crippen LogP contribution in [0.5, 0.6) is 0 Å². The molecule has 6 nitrogen and oxygen atoms in total. The van der Waals surface area contributed by atoms with E-state index in [0.29, 0.717) is 0 Å². The summed E-state index contributed by atoms with van der Waals surface area (Å²) >= 11 is 0. The number of hydrogen-bond acceptors (Lipinski definition) is 3. The second-order valence-electron chi connectivity index (χ2n) is 6.61. The van der Waals surface area contributed by atoms with Crippen LogP contribution in [0.3, 0.4) is 0 Å². The number of carbonyl (C=O) groups is 2. The molecule has 2 aliphatic rings. The molecule has 1 heterocycles. The highest BCUT2D eigenvalue weighted by atomic mass is 16.4. The Kier molecular flexibility index (Phi) is 5.45. The summed E-state index contributed by atoms with van der Waals surface area (Å²) in [6.07, 6.45) is 6.71. The van der Waals surface area contributed by atoms with Gasteiger partial charge in [0.25, 0.3) is 0 Å². The van der Waals surface area contributed by atoms with Gasteiger partial charge in [0.2, 0.25) is 0 Å². The van der Waals surface area contributed by atoms with Crippen LogP contribution in [0, 0.1) is 0 Å². The number of piperidine rings is 1. The summed E-state index contributed by atoms with van der Waals surface area (Å²) in [5.41, 5.74) is -0.561. The molecule has 1 saturated carbocycles. The average molecular weight is 297 g/mol. The predicted octanol–water partition coefficient (Wildman–Crippen LogP) is 1.56. The fourth-order valence-corrected chi connectivity index (χ4v) is 3.61. The molecule has 0 bridgehead atoms. The van der Waals surface area contributed by atoms with Crippen molar-refractivity contribution in [1.29, 1.82) is 0 Å². The summed E-state index contributed by atoms with van der Waals surface area (Å²) in [5, 5.41) is 15.1. The summed E-state index contributed by atoms with van der Waals surface area (Å²) in [5.74, 6) is -0.838. The molecule has 0 aromatic heterocycles. The van der Waals surface area contributed by atoms with Crippen LogP contribution in [-0.2, 0) is 4.79 Å². The fraction of sp³-hybridized carbons (Fsp3) is 0.867. The van der Waals surface area contributed by atoms with Gasteiger partial charge in [-0.3, -0.25) is 4.79 Å². The molecule has 1 atom stereocenters. The van der Waals surface area contributed by atoms with Crippen LogP contribution >= 0.6 is 0 Å². The van der Waals surface area contributed by atoms with E-state index in [2.05, 4.69) is 22.6 Å². The predicted molar refractivity (Wildman–Crippen MR) is 80.3 cm³/mol. The minimum Gasteiger partial charge on any atom is -0.481 e. The summed E-state index contributed by atoms with van der Waals surface area (Å²) < 4.78 is 0. The number of carboxylic acid groups (broad SMARTS) is 1. The molecule has 2 rings (SSSR count). The van der Waals surface area contributed by atoms with E-state index < -0.39 is 11.5 Å². The summed E-state index contributed by atoms with van der Waals surface area (Å²) in [7, 11) is 2.05. The number of aliphatic carboxylic acids is 1. The van der Waals surface area contributed by atoms with Crippen molar-refractivity contribution in [3.05, 3.63) is 0 Å². The third-order valence-corrected chi connectivity index (χ3v) is 4.64. The molecule has 0 aromatic carbocycles. The van der Waals surface area contributed by atoms with E-state index in [1.807, 2.05) is 0 Å². The third-order valence-electron chi connectivity index (χ3n) is 4.64. The topological polar surface area (TPSA) is 81.7 Å². The van der Waals surface area contributed by atoms with Crippen molar-refractivity contribution in [2.45, 2.75) is 62.9 Å². The zero-order chi connectivity index (χ0) is 15.3. The van der Waals surface area contributed by atoms with E-state index in [4.69, 9.17) is 5.11 Å². The lowest BCUT2D eigenvalue weighted by atomic mass is 9.79. The van der Waals surface area contributed by atoms with E-state index in [1.165, 1.54) is 0 Å². The summed E-state index contributed by atoms with van der Waals surface area (Å²) in [6, 6.07) is -0.0485. The number of nitrogens with one attached hydrogen (secondary N) is 2. The highest BCUT2D eigenvalue weighted by Crippen LogP contribution is 2.31. The molecular weight excluding hydrogens is 270 g/mol. The molecular formula is C15H27N3O3. The highest BCUT2D eigenvalue weighted by Gasteiger charge is 2.36. The Labute approximate surface area is 126 Å². The largest absolute Gasteiger partial charge is 0.481 e. The number of hydrogen-bond donors (Lipinski definition) is 3. The summed E-state index contributed by atoms with van der Waals surface area (Å²) in [6.45, 7) is 1.93. The van der Waals surface area contributed by atoms with Gasteiger partial charge in [-0.05, 0) is 39.3 Å². The van der Waals surface area contributed by atoms with Crippen molar-refractivity contribution in [2.75, 3.05) is 20.1 Å². The first kappa shape index (κ1) is 16.1. The van der Waals surface area contributed by atoms with Crippen LogP contribution in [0.4, 0.5) is 4.79 Å². The number of nitrogens with zero attached hydrogens (tertiary/aromatic N) is 1. The molecule has 3 N–H and O–H groups in total. The van der Waals surface area contributed by atoms with Crippen LogP contribution in [0.2, 0.25) is 0 Å². The highest BCUT2D eigenvalue weighted by molar-refractivity contribution is 5.77. The second-order valence-corrected chi connectivity index (χ2v) is 6.61. The Morgan fingerprint density at radius 2 is 1.95 bits per heavy atom. The molecule has 2 amide bonds. The molecule has 120 valence electrons. The number of amides is 2. The molecule has 1 aliphatic carbocycles. The lowest BCUT2D eigenvalue weighted by Crippen LogP contribution is -2.57. The molecule has 0 spiro atoms. The SMILES string of the molecule is CN1CCCC(NC(=O)NC2(CC(=O)O)CCCCC2)C1. The molecule has 0 aromatic rings. The van der Waals surface area contributed by atoms with E-state index in [9.17, 15) is 9.59 Å². The number of carbonyl (C=O) groups excluding carboxylic acids is 1. The van der Waals surface area contributed by atoms with Gasteiger partial charge in [-0.1, -0.05) is 19.3 Å². The Balaban J connectivity index is 1.89. The number of carboxylic acids is 1. The van der Waals surface area contributed by atoms with Gasteiger partial charge in [0.1, 0.15) is 0 Å². The van der Waals surface area contributed by atoms with Crippen LogP contribution in [-0.4, -0.2) is 53.7 Å². The molecule has 1 saturated heterocycles. The molecule has 21 heavy (non-hydrogen) atoms. The third kappa shape index (κ3) is 4.88. The van der Waals surface area contributed by atoms with Gasteiger partial charge in [-0.2, -0.15) is 0 Å². The van der Waals surface area contributed by atoms with Crippen LogP contribution < -0.4 is 10.6 Å². The molecule has 1 unspecified atom stereocenters. The fourth-order valence-electron chi connectivity index (χ4n) is 3.61. The maximum atomic E-state index is 12.2. The first-order valence-corrected chi connectivity index (χ1v) is 7.98. The number of urea groups is 1. The van der Waals surface area contributed by atoms with Gasteiger partial charge in [0.05, 0.1) is 12.0 Å². The van der Waals surface area contributed by atoms with E-state index in [1.54, 1.807) is 0 Å². The smallest absolute Gasteiger partial charge is 0.315 e. The molecule has 0 radical (unpaired) electrons. The van der Waals surface area contributed by atoms with Crippen LogP contribution in [0.15, 0.2) is 0 Å². The second kappa shape index (κ2) is 7.11. The maximum Gasteiger partial charge on any atom is 0.315 e. The maximum absolute atomic E-state index is 12.2. The standard InChI is InChI=1S/C15H27N3O3/c1-18-9-5-6-12(11-18)16-14(21)17-15(10-13(19)20)7-3-2-4-8-15/h12H,2-11H2,1H3,(H,19,20)(H2,16,17,21). The van der Waals surface area contributed by atoms with Crippen LogP contribution in [0.25, 0.3) is 0 Å². The number of rotatable bonds is 4. The van der Waals surface area contributed by atoms with E-state index in [0.717, 1.165) is 58.0 Å². The van der Waals surface area contributed by atoms with Crippen molar-refractivity contribution < 1.29 is 14.7 Å². The zero-order valence-corrected chi connectivity index (χ0v) is 12.9. The monoisotopic (exact) mass is 297 g/mol. The Bertz CT molecular complexity index is 380. The first-order valence-electron chi connectivity index (χ1n) is 7.98. The van der Waals surface area contributed by atoms with Gasteiger partial charge < -0.3 is 20.6 Å². The van der Waals surface area contributed by atoms with Gasteiger partial charge in [0, 0.05) is 12.6 Å². The average Bonchev–Trinajstić information content (AvgIpc) is 2.38. The van der Waals surface area contributed by atoms with Crippen molar-refractivity contribution >= 4 is 12.0 Å². The normalized spacial score (nSPS) is 26.0. The minimum absolute atomic E-state index is 0.0188. The van der Waals surface area contributed by atoms with E-state index >= 15 is 0 Å².